The quantitative estimate of drug-likeness (QED) is 0.731. The van der Waals surface area contributed by atoms with E-state index in [1.165, 1.54) is 6.33 Å². The number of hydrogen-bond donors (Lipinski definition) is 3. The number of nitrogens with two attached hydrogens (primary N) is 2. The molecule has 0 aromatic carbocycles. The van der Waals surface area contributed by atoms with Crippen LogP contribution in [0.4, 0.5) is 16.2 Å². The number of hydrogen-bond acceptors (Lipinski definition) is 6. The van der Waals surface area contributed by atoms with Crippen LogP contribution in [0.5, 0.6) is 0 Å². The van der Waals surface area contributed by atoms with Crippen molar-refractivity contribution in [1.29, 1.82) is 0 Å². The molecule has 0 saturated heterocycles. The molecule has 1 fully saturated rings. The van der Waals surface area contributed by atoms with Crippen LogP contribution in [0.3, 0.4) is 0 Å². The third-order valence-corrected chi connectivity index (χ3v) is 3.83. The Morgan fingerprint density at radius 3 is 2.63 bits per heavy atom. The van der Waals surface area contributed by atoms with Crippen molar-refractivity contribution in [2.45, 2.75) is 37.6 Å². The van der Waals surface area contributed by atoms with Crippen molar-refractivity contribution in [2.75, 3.05) is 11.5 Å². The zero-order valence-electron chi connectivity index (χ0n) is 10.3. The highest BCUT2D eigenvalue weighted by Gasteiger charge is 2.44. The van der Waals surface area contributed by atoms with Gasteiger partial charge in [-0.2, -0.15) is 9.97 Å². The highest BCUT2D eigenvalue weighted by Crippen LogP contribution is 2.41. The summed E-state index contributed by atoms with van der Waals surface area (Å²) in [4.78, 5) is 12.0. The second-order valence-corrected chi connectivity index (χ2v) is 4.90. The Labute approximate surface area is 108 Å². The summed E-state index contributed by atoms with van der Waals surface area (Å²) in [5, 5.41) is 9.55. The van der Waals surface area contributed by atoms with Gasteiger partial charge in [-0.05, 0) is 12.8 Å². The van der Waals surface area contributed by atoms with Crippen molar-refractivity contribution in [1.82, 2.24) is 19.5 Å². The molecule has 0 bridgehead atoms. The van der Waals surface area contributed by atoms with Gasteiger partial charge in [-0.25, -0.2) is 9.37 Å². The number of anilines is 2. The van der Waals surface area contributed by atoms with Gasteiger partial charge in [-0.1, -0.05) is 12.8 Å². The van der Waals surface area contributed by atoms with Crippen LogP contribution in [0.25, 0.3) is 11.2 Å². The summed E-state index contributed by atoms with van der Waals surface area (Å²) in [6, 6.07) is 0. The minimum atomic E-state index is -1.98. The average Bonchev–Trinajstić information content (AvgIpc) is 2.94. The fraction of sp³-hybridized carbons (Fsp3) is 0.545. The fourth-order valence-electron chi connectivity index (χ4n) is 2.85. The predicted octanol–water partition coefficient (Wildman–Crippen LogP) is 0.548. The monoisotopic (exact) mass is 266 g/mol. The van der Waals surface area contributed by atoms with Gasteiger partial charge in [0, 0.05) is 0 Å². The molecule has 0 spiro atoms. The van der Waals surface area contributed by atoms with Crippen molar-refractivity contribution >= 4 is 22.9 Å². The first-order chi connectivity index (χ1) is 9.04. The van der Waals surface area contributed by atoms with Crippen LogP contribution in [-0.4, -0.2) is 31.0 Å². The van der Waals surface area contributed by atoms with Crippen LogP contribution >= 0.6 is 0 Å². The summed E-state index contributed by atoms with van der Waals surface area (Å²) in [7, 11) is 0. The molecule has 1 aliphatic carbocycles. The minimum Gasteiger partial charge on any atom is -0.382 e. The zero-order chi connectivity index (χ0) is 13.6. The maximum atomic E-state index is 13.8. The SMILES string of the molecule is Nc1nc(N)c2ncn(C3([C@H](O)F)CCCC3)c2n1. The van der Waals surface area contributed by atoms with Crippen molar-refractivity contribution in [3.63, 3.8) is 0 Å². The van der Waals surface area contributed by atoms with E-state index in [0.717, 1.165) is 12.8 Å². The molecular formula is C11H15FN6O. The summed E-state index contributed by atoms with van der Waals surface area (Å²) < 4.78 is 15.3. The van der Waals surface area contributed by atoms with Gasteiger partial charge in [0.05, 0.1) is 6.33 Å². The first kappa shape index (κ1) is 12.1. The van der Waals surface area contributed by atoms with Gasteiger partial charge in [0.25, 0.3) is 0 Å². The van der Waals surface area contributed by atoms with Gasteiger partial charge in [-0.15, -0.1) is 0 Å². The van der Waals surface area contributed by atoms with Gasteiger partial charge < -0.3 is 21.1 Å². The molecule has 102 valence electrons. The molecule has 2 aromatic rings. The van der Waals surface area contributed by atoms with E-state index in [0.29, 0.717) is 24.0 Å². The van der Waals surface area contributed by atoms with Crippen molar-refractivity contribution in [3.05, 3.63) is 6.33 Å². The fourth-order valence-corrected chi connectivity index (χ4v) is 2.85. The van der Waals surface area contributed by atoms with Gasteiger partial charge in [0.2, 0.25) is 12.3 Å². The van der Waals surface area contributed by atoms with Crippen molar-refractivity contribution < 1.29 is 9.50 Å². The maximum Gasteiger partial charge on any atom is 0.224 e. The summed E-state index contributed by atoms with van der Waals surface area (Å²) in [5.74, 6) is 0.163. The molecule has 0 unspecified atom stereocenters. The molecule has 1 atom stereocenters. The highest BCUT2D eigenvalue weighted by atomic mass is 19.1. The molecule has 8 heteroatoms. The molecule has 2 heterocycles. The van der Waals surface area contributed by atoms with Crippen LogP contribution < -0.4 is 11.5 Å². The van der Waals surface area contributed by atoms with Crippen molar-refractivity contribution in [2.24, 2.45) is 0 Å². The topological polar surface area (TPSA) is 116 Å². The first-order valence-corrected chi connectivity index (χ1v) is 6.13. The molecule has 1 saturated carbocycles. The van der Waals surface area contributed by atoms with E-state index < -0.39 is 11.9 Å². The number of aromatic nitrogens is 4. The lowest BCUT2D eigenvalue weighted by Gasteiger charge is -2.31. The molecule has 19 heavy (non-hydrogen) atoms. The van der Waals surface area contributed by atoms with Crippen LogP contribution in [0.2, 0.25) is 0 Å². The van der Waals surface area contributed by atoms with Gasteiger partial charge in [-0.3, -0.25) is 0 Å². The number of alkyl halides is 1. The largest absolute Gasteiger partial charge is 0.382 e. The number of halogens is 1. The van der Waals surface area contributed by atoms with Crippen LogP contribution in [-0.2, 0) is 5.54 Å². The summed E-state index contributed by atoms with van der Waals surface area (Å²) in [6.07, 6.45) is 2.21. The number of nitrogen functional groups attached to an aromatic ring is 2. The molecule has 1 aliphatic rings. The molecule has 7 nitrogen and oxygen atoms in total. The Morgan fingerprint density at radius 2 is 2.00 bits per heavy atom. The van der Waals surface area contributed by atoms with E-state index in [9.17, 15) is 9.50 Å². The Kier molecular flexibility index (Phi) is 2.56. The number of aliphatic hydroxyl groups excluding tert-OH is 1. The lowest BCUT2D eigenvalue weighted by molar-refractivity contribution is -0.0615. The molecule has 5 N–H and O–H groups in total. The van der Waals surface area contributed by atoms with E-state index in [1.54, 1.807) is 4.57 Å². The van der Waals surface area contributed by atoms with E-state index in [2.05, 4.69) is 15.0 Å². The maximum absolute atomic E-state index is 13.8. The average molecular weight is 266 g/mol. The molecule has 3 rings (SSSR count). The molecule has 0 amide bonds. The van der Waals surface area contributed by atoms with Crippen LogP contribution in [0.15, 0.2) is 6.33 Å². The van der Waals surface area contributed by atoms with Crippen LogP contribution in [0.1, 0.15) is 25.7 Å². The Bertz CT molecular complexity index is 619. The second-order valence-electron chi connectivity index (χ2n) is 4.90. The number of imidazole rings is 1. The Balaban J connectivity index is 2.25. The van der Waals surface area contributed by atoms with Gasteiger partial charge in [0.1, 0.15) is 11.1 Å². The predicted molar refractivity (Wildman–Crippen MR) is 67.7 cm³/mol. The number of aliphatic hydroxyl groups is 1. The smallest absolute Gasteiger partial charge is 0.224 e. The number of rotatable bonds is 2. The van der Waals surface area contributed by atoms with Crippen LogP contribution in [0, 0.1) is 0 Å². The lowest BCUT2D eigenvalue weighted by atomic mass is 9.97. The Hall–Kier alpha value is -1.96. The standard InChI is InChI=1S/C11H15FN6O/c12-9(19)11(3-1-2-4-11)18-5-15-6-7(13)16-10(14)17-8(6)18/h5,9,19H,1-4H2,(H4,13,14,16,17)/t9-/m0/s1. The van der Waals surface area contributed by atoms with E-state index in [4.69, 9.17) is 11.5 Å². The van der Waals surface area contributed by atoms with E-state index in [-0.39, 0.29) is 11.8 Å². The third kappa shape index (κ3) is 1.63. The number of nitrogens with zero attached hydrogens (tertiary/aromatic N) is 4. The summed E-state index contributed by atoms with van der Waals surface area (Å²) in [6.45, 7) is 0. The van der Waals surface area contributed by atoms with E-state index >= 15 is 0 Å². The number of fused-ring (bicyclic) bond motifs is 1. The highest BCUT2D eigenvalue weighted by molar-refractivity contribution is 5.82. The van der Waals surface area contributed by atoms with Crippen molar-refractivity contribution in [3.8, 4) is 0 Å². The molecule has 0 aliphatic heterocycles. The van der Waals surface area contributed by atoms with Gasteiger partial charge >= 0.3 is 0 Å². The molecule has 2 aromatic heterocycles. The second kappa shape index (κ2) is 4.02. The Morgan fingerprint density at radius 1 is 1.32 bits per heavy atom. The lowest BCUT2D eigenvalue weighted by Crippen LogP contribution is -2.40. The van der Waals surface area contributed by atoms with E-state index in [1.807, 2.05) is 0 Å². The first-order valence-electron chi connectivity index (χ1n) is 6.13. The third-order valence-electron chi connectivity index (χ3n) is 3.83. The minimum absolute atomic E-state index is 0.00763. The zero-order valence-corrected chi connectivity index (χ0v) is 10.3. The molecule has 0 radical (unpaired) electrons. The molecular weight excluding hydrogens is 251 g/mol. The van der Waals surface area contributed by atoms with Gasteiger partial charge in [0.15, 0.2) is 11.5 Å². The normalized spacial score (nSPS) is 19.9. The summed E-state index contributed by atoms with van der Waals surface area (Å²) in [5.41, 5.74) is 11.0. The summed E-state index contributed by atoms with van der Waals surface area (Å²) >= 11 is 0.